The molecular weight excluding hydrogens is 396 g/mol. The minimum absolute atomic E-state index is 0.0375. The first-order chi connectivity index (χ1) is 15.4. The van der Waals surface area contributed by atoms with Crippen molar-refractivity contribution < 1.29 is 15.0 Å². The van der Waals surface area contributed by atoms with Gasteiger partial charge in [0, 0.05) is 16.9 Å². The lowest BCUT2D eigenvalue weighted by Crippen LogP contribution is -2.26. The summed E-state index contributed by atoms with van der Waals surface area (Å²) in [7, 11) is 0. The molecule has 4 rings (SSSR count). The molecule has 0 aliphatic carbocycles. The zero-order valence-corrected chi connectivity index (χ0v) is 18.2. The largest absolute Gasteiger partial charge is 0.507 e. The molecule has 0 fully saturated rings. The van der Waals surface area contributed by atoms with Crippen LogP contribution in [0.15, 0.2) is 103 Å². The van der Waals surface area contributed by atoms with Gasteiger partial charge < -0.3 is 10.2 Å². The molecule has 2 N–H and O–H groups in total. The summed E-state index contributed by atoms with van der Waals surface area (Å²) >= 11 is 0. The molecule has 1 unspecified atom stereocenters. The molecule has 4 aromatic carbocycles. The van der Waals surface area contributed by atoms with Gasteiger partial charge in [0.25, 0.3) is 0 Å². The van der Waals surface area contributed by atoms with Crippen LogP contribution in [-0.4, -0.2) is 16.2 Å². The molecule has 0 aromatic heterocycles. The topological polar surface area (TPSA) is 57.5 Å². The third kappa shape index (κ3) is 3.78. The molecule has 0 saturated heterocycles. The molecule has 0 bridgehead atoms. The summed E-state index contributed by atoms with van der Waals surface area (Å²) in [6.07, 6.45) is 0. The minimum Gasteiger partial charge on any atom is -0.507 e. The van der Waals surface area contributed by atoms with Crippen molar-refractivity contribution in [2.24, 2.45) is 0 Å². The van der Waals surface area contributed by atoms with Gasteiger partial charge in [0.1, 0.15) is 11.3 Å². The van der Waals surface area contributed by atoms with Crippen LogP contribution in [0.2, 0.25) is 0 Å². The third-order valence-corrected chi connectivity index (χ3v) is 6.40. The summed E-state index contributed by atoms with van der Waals surface area (Å²) in [5.74, 6) is -1.38. The van der Waals surface area contributed by atoms with Crippen molar-refractivity contribution in [1.82, 2.24) is 0 Å². The van der Waals surface area contributed by atoms with Crippen LogP contribution in [0.5, 0.6) is 5.75 Å². The molecule has 0 radical (unpaired) electrons. The smallest absolute Gasteiger partial charge is 0.339 e. The first kappa shape index (κ1) is 21.4. The predicted octanol–water partition coefficient (Wildman–Crippen LogP) is 6.60. The highest BCUT2D eigenvalue weighted by Crippen LogP contribution is 2.45. The van der Waals surface area contributed by atoms with E-state index in [9.17, 15) is 15.0 Å². The summed E-state index contributed by atoms with van der Waals surface area (Å²) in [5.41, 5.74) is 3.63. The molecule has 3 heteroatoms. The number of hydrogen-bond donors (Lipinski definition) is 2. The van der Waals surface area contributed by atoms with Crippen LogP contribution >= 0.6 is 0 Å². The maximum Gasteiger partial charge on any atom is 0.339 e. The van der Waals surface area contributed by atoms with Crippen LogP contribution in [0.4, 0.5) is 0 Å². The Labute approximate surface area is 188 Å². The average molecular weight is 423 g/mol. The molecule has 0 saturated carbocycles. The number of carbonyl (C=O) groups is 1. The van der Waals surface area contributed by atoms with E-state index in [1.54, 1.807) is 6.07 Å². The van der Waals surface area contributed by atoms with E-state index in [1.807, 2.05) is 104 Å². The fraction of sp³-hybridized carbons (Fsp3) is 0.138. The Bertz CT molecular complexity index is 1180. The van der Waals surface area contributed by atoms with E-state index >= 15 is 0 Å². The Morgan fingerprint density at radius 3 is 1.69 bits per heavy atom. The molecule has 0 spiro atoms. The van der Waals surface area contributed by atoms with Gasteiger partial charge in [-0.3, -0.25) is 0 Å². The molecule has 3 nitrogen and oxygen atoms in total. The number of rotatable bonds is 6. The fourth-order valence-corrected chi connectivity index (χ4v) is 4.41. The van der Waals surface area contributed by atoms with Crippen molar-refractivity contribution in [2.75, 3.05) is 0 Å². The molecule has 0 aliphatic heterocycles. The van der Waals surface area contributed by atoms with Crippen LogP contribution in [0.1, 0.15) is 57.9 Å². The van der Waals surface area contributed by atoms with E-state index in [0.29, 0.717) is 5.56 Å². The standard InChI is InChI=1S/C29H26O3/c1-20(21-12-6-3-7-13-21)22-18-25(28(31)32)27(30)26(19-22)29(2,23-14-8-4-9-15-23)24-16-10-5-11-17-24/h3-20,30H,1-2H3,(H,31,32). The first-order valence-electron chi connectivity index (χ1n) is 10.7. The van der Waals surface area contributed by atoms with E-state index in [-0.39, 0.29) is 17.2 Å². The third-order valence-electron chi connectivity index (χ3n) is 6.40. The van der Waals surface area contributed by atoms with Crippen LogP contribution in [0, 0.1) is 0 Å². The number of phenols is 1. The number of aromatic carboxylic acids is 1. The Kier molecular flexibility index (Phi) is 5.83. The van der Waals surface area contributed by atoms with Gasteiger partial charge in [0.2, 0.25) is 0 Å². The maximum atomic E-state index is 12.1. The van der Waals surface area contributed by atoms with Crippen molar-refractivity contribution >= 4 is 5.97 Å². The normalized spacial score (nSPS) is 12.3. The summed E-state index contributed by atoms with van der Waals surface area (Å²) in [5, 5.41) is 21.1. The zero-order chi connectivity index (χ0) is 22.7. The first-order valence-corrected chi connectivity index (χ1v) is 10.7. The molecular formula is C29H26O3. The van der Waals surface area contributed by atoms with Crippen molar-refractivity contribution in [1.29, 1.82) is 0 Å². The van der Waals surface area contributed by atoms with Gasteiger partial charge in [-0.1, -0.05) is 104 Å². The van der Waals surface area contributed by atoms with Crippen LogP contribution in [-0.2, 0) is 5.41 Å². The number of aromatic hydroxyl groups is 1. The van der Waals surface area contributed by atoms with Gasteiger partial charge in [0.05, 0.1) is 0 Å². The van der Waals surface area contributed by atoms with Crippen molar-refractivity contribution in [3.8, 4) is 5.75 Å². The lowest BCUT2D eigenvalue weighted by Gasteiger charge is -2.33. The Hall–Kier alpha value is -3.85. The highest BCUT2D eigenvalue weighted by molar-refractivity contribution is 5.92. The van der Waals surface area contributed by atoms with E-state index < -0.39 is 11.4 Å². The van der Waals surface area contributed by atoms with Crippen LogP contribution in [0.3, 0.4) is 0 Å². The zero-order valence-electron chi connectivity index (χ0n) is 18.2. The monoisotopic (exact) mass is 422 g/mol. The highest BCUT2D eigenvalue weighted by atomic mass is 16.4. The molecule has 1 atom stereocenters. The number of benzene rings is 4. The highest BCUT2D eigenvalue weighted by Gasteiger charge is 2.36. The average Bonchev–Trinajstić information content (AvgIpc) is 2.84. The van der Waals surface area contributed by atoms with E-state index in [4.69, 9.17) is 0 Å². The lowest BCUT2D eigenvalue weighted by molar-refractivity contribution is 0.0693. The molecule has 0 aliphatic rings. The van der Waals surface area contributed by atoms with E-state index in [0.717, 1.165) is 22.3 Å². The molecule has 4 aromatic rings. The summed E-state index contributed by atoms with van der Waals surface area (Å²) < 4.78 is 0. The second kappa shape index (κ2) is 8.72. The predicted molar refractivity (Wildman–Crippen MR) is 127 cm³/mol. The van der Waals surface area contributed by atoms with Gasteiger partial charge in [-0.05, 0) is 35.2 Å². The lowest BCUT2D eigenvalue weighted by atomic mass is 9.69. The maximum absolute atomic E-state index is 12.1. The summed E-state index contributed by atoms with van der Waals surface area (Å²) in [4.78, 5) is 12.1. The number of hydrogen-bond acceptors (Lipinski definition) is 2. The molecule has 160 valence electrons. The van der Waals surface area contributed by atoms with Crippen molar-refractivity contribution in [3.63, 3.8) is 0 Å². The quantitative estimate of drug-likeness (QED) is 0.344. The van der Waals surface area contributed by atoms with Crippen LogP contribution in [0.25, 0.3) is 0 Å². The molecule has 0 amide bonds. The second-order valence-electron chi connectivity index (χ2n) is 8.26. The van der Waals surface area contributed by atoms with E-state index in [1.165, 1.54) is 0 Å². The second-order valence-corrected chi connectivity index (χ2v) is 8.26. The van der Waals surface area contributed by atoms with Gasteiger partial charge in [0.15, 0.2) is 0 Å². The summed E-state index contributed by atoms with van der Waals surface area (Å²) in [6, 6.07) is 33.3. The Morgan fingerprint density at radius 2 is 1.22 bits per heavy atom. The van der Waals surface area contributed by atoms with Crippen molar-refractivity contribution in [3.05, 3.63) is 137 Å². The van der Waals surface area contributed by atoms with E-state index in [2.05, 4.69) is 6.92 Å². The Morgan fingerprint density at radius 1 is 0.750 bits per heavy atom. The van der Waals surface area contributed by atoms with Gasteiger partial charge in [-0.25, -0.2) is 4.79 Å². The number of carboxylic acids is 1. The van der Waals surface area contributed by atoms with Crippen molar-refractivity contribution in [2.45, 2.75) is 25.2 Å². The summed E-state index contributed by atoms with van der Waals surface area (Å²) in [6.45, 7) is 4.09. The fourth-order valence-electron chi connectivity index (χ4n) is 4.41. The van der Waals surface area contributed by atoms with Crippen LogP contribution < -0.4 is 0 Å². The van der Waals surface area contributed by atoms with Gasteiger partial charge >= 0.3 is 5.97 Å². The minimum atomic E-state index is -1.14. The van der Waals surface area contributed by atoms with Gasteiger partial charge in [-0.15, -0.1) is 0 Å². The van der Waals surface area contributed by atoms with Gasteiger partial charge in [-0.2, -0.15) is 0 Å². The molecule has 0 heterocycles. The Balaban J connectivity index is 2.01. The number of carboxylic acid groups (broad SMARTS) is 1. The SMILES string of the molecule is CC(c1ccccc1)c1cc(C(=O)O)c(O)c(C(C)(c2ccccc2)c2ccccc2)c1. The molecule has 32 heavy (non-hydrogen) atoms.